The van der Waals surface area contributed by atoms with Crippen molar-refractivity contribution in [2.75, 3.05) is 5.32 Å². The Morgan fingerprint density at radius 1 is 1.36 bits per heavy atom. The molecule has 2 atom stereocenters. The molecule has 0 radical (unpaired) electrons. The van der Waals surface area contributed by atoms with Gasteiger partial charge in [-0.05, 0) is 32.9 Å². The minimum atomic E-state index is -0.916. The number of aliphatic carboxylic acids is 1. The molecule has 0 saturated carbocycles. The summed E-state index contributed by atoms with van der Waals surface area (Å²) in [7, 11) is 0. The first kappa shape index (κ1) is 17.0. The second kappa shape index (κ2) is 6.20. The average molecular weight is 341 g/mol. The van der Waals surface area contributed by atoms with Gasteiger partial charge in [0.15, 0.2) is 0 Å². The zero-order chi connectivity index (χ0) is 18.2. The third-order valence-electron chi connectivity index (χ3n) is 4.47. The fourth-order valence-corrected chi connectivity index (χ4v) is 3.07. The Morgan fingerprint density at radius 3 is 2.84 bits per heavy atom. The Labute approximate surface area is 145 Å². The number of halogens is 1. The van der Waals surface area contributed by atoms with Crippen LogP contribution in [0.4, 0.5) is 10.2 Å². The lowest BCUT2D eigenvalue weighted by Crippen LogP contribution is -2.45. The predicted octanol–water partition coefficient (Wildman–Crippen LogP) is 3.63. The molecule has 0 amide bonds. The summed E-state index contributed by atoms with van der Waals surface area (Å²) in [4.78, 5) is 11.6. The minimum Gasteiger partial charge on any atom is -0.481 e. The smallest absolute Gasteiger partial charge is 0.313 e. The van der Waals surface area contributed by atoms with Gasteiger partial charge in [-0.3, -0.25) is 4.79 Å². The summed E-state index contributed by atoms with van der Waals surface area (Å²) in [5.74, 6) is -1.35. The number of aromatic nitrogens is 2. The van der Waals surface area contributed by atoms with Crippen molar-refractivity contribution in [3.05, 3.63) is 65.6 Å². The highest BCUT2D eigenvalue weighted by molar-refractivity contribution is 5.76. The van der Waals surface area contributed by atoms with Gasteiger partial charge in [0, 0.05) is 11.6 Å². The van der Waals surface area contributed by atoms with Crippen LogP contribution in [0.2, 0.25) is 0 Å². The molecule has 5 nitrogen and oxygen atoms in total. The van der Waals surface area contributed by atoms with E-state index in [1.807, 2.05) is 32.1 Å². The number of allylic oxidation sites excluding steroid dienone is 2. The van der Waals surface area contributed by atoms with E-state index in [0.29, 0.717) is 17.1 Å². The Morgan fingerprint density at radius 2 is 2.12 bits per heavy atom. The third-order valence-corrected chi connectivity index (χ3v) is 4.47. The Kier molecular flexibility index (Phi) is 4.20. The molecule has 2 N–H and O–H groups in total. The number of anilines is 1. The van der Waals surface area contributed by atoms with Crippen LogP contribution < -0.4 is 5.32 Å². The molecule has 6 heteroatoms. The highest BCUT2D eigenvalue weighted by Crippen LogP contribution is 2.31. The average Bonchev–Trinajstić information content (AvgIpc) is 2.89. The molecule has 0 spiro atoms. The van der Waals surface area contributed by atoms with Crippen LogP contribution in [0.3, 0.4) is 0 Å². The lowest BCUT2D eigenvalue weighted by molar-refractivity contribution is -0.141. The first-order chi connectivity index (χ1) is 11.8. The van der Waals surface area contributed by atoms with Gasteiger partial charge in [0.2, 0.25) is 0 Å². The van der Waals surface area contributed by atoms with E-state index in [9.17, 15) is 14.3 Å². The van der Waals surface area contributed by atoms with Crippen LogP contribution in [0.15, 0.2) is 48.6 Å². The first-order valence-electron chi connectivity index (χ1n) is 8.01. The lowest BCUT2D eigenvalue weighted by Gasteiger charge is -2.34. The number of hydrogen-bond donors (Lipinski definition) is 2. The molecule has 1 aliphatic carbocycles. The van der Waals surface area contributed by atoms with Crippen molar-refractivity contribution in [2.24, 2.45) is 5.92 Å². The van der Waals surface area contributed by atoms with E-state index in [2.05, 4.69) is 10.4 Å². The van der Waals surface area contributed by atoms with Gasteiger partial charge in [-0.2, -0.15) is 5.10 Å². The van der Waals surface area contributed by atoms with Crippen molar-refractivity contribution in [1.29, 1.82) is 0 Å². The summed E-state index contributed by atoms with van der Waals surface area (Å²) in [5, 5.41) is 17.3. The third kappa shape index (κ3) is 3.07. The Balaban J connectivity index is 2.05. The van der Waals surface area contributed by atoms with E-state index in [-0.39, 0.29) is 5.82 Å². The zero-order valence-corrected chi connectivity index (χ0v) is 14.3. The van der Waals surface area contributed by atoms with Gasteiger partial charge in [-0.1, -0.05) is 30.4 Å². The van der Waals surface area contributed by atoms with Crippen molar-refractivity contribution in [3.63, 3.8) is 0 Å². The zero-order valence-electron chi connectivity index (χ0n) is 14.3. The Hall–Kier alpha value is -2.89. The number of carboxylic acid groups (broad SMARTS) is 1. The molecule has 1 aromatic carbocycles. The summed E-state index contributed by atoms with van der Waals surface area (Å²) in [6.45, 7) is 5.34. The van der Waals surface area contributed by atoms with Crippen LogP contribution in [-0.4, -0.2) is 26.4 Å². The number of benzene rings is 1. The van der Waals surface area contributed by atoms with Crippen LogP contribution in [0.25, 0.3) is 5.69 Å². The van der Waals surface area contributed by atoms with Gasteiger partial charge < -0.3 is 10.4 Å². The minimum absolute atomic E-state index is 0.313. The van der Waals surface area contributed by atoms with Gasteiger partial charge >= 0.3 is 5.97 Å². The SMILES string of the molecule is Cc1cc(NC2(C)C=CC=CC2C(=O)O)n(-c2cccc(F)c2C)n1. The quantitative estimate of drug-likeness (QED) is 0.891. The molecular formula is C19H20FN3O2. The summed E-state index contributed by atoms with van der Waals surface area (Å²) < 4.78 is 15.6. The molecule has 1 aromatic heterocycles. The van der Waals surface area contributed by atoms with Crippen molar-refractivity contribution in [2.45, 2.75) is 26.3 Å². The molecule has 2 aromatic rings. The van der Waals surface area contributed by atoms with Crippen LogP contribution in [0.1, 0.15) is 18.2 Å². The molecular weight excluding hydrogens is 321 g/mol. The van der Waals surface area contributed by atoms with Crippen molar-refractivity contribution in [1.82, 2.24) is 9.78 Å². The molecule has 0 saturated heterocycles. The van der Waals surface area contributed by atoms with Crippen molar-refractivity contribution < 1.29 is 14.3 Å². The van der Waals surface area contributed by atoms with Crippen molar-refractivity contribution >= 4 is 11.8 Å². The van der Waals surface area contributed by atoms with Crippen LogP contribution >= 0.6 is 0 Å². The van der Waals surface area contributed by atoms with Gasteiger partial charge in [0.1, 0.15) is 17.6 Å². The van der Waals surface area contributed by atoms with Crippen LogP contribution in [0, 0.1) is 25.6 Å². The largest absolute Gasteiger partial charge is 0.481 e. The molecule has 0 fully saturated rings. The van der Waals surface area contributed by atoms with E-state index in [1.54, 1.807) is 35.9 Å². The summed E-state index contributed by atoms with van der Waals surface area (Å²) in [5.41, 5.74) is 1.01. The Bertz CT molecular complexity index is 885. The number of carbonyl (C=O) groups is 1. The maximum absolute atomic E-state index is 13.9. The van der Waals surface area contributed by atoms with E-state index in [0.717, 1.165) is 5.69 Å². The summed E-state index contributed by atoms with van der Waals surface area (Å²) in [6, 6.07) is 6.63. The maximum atomic E-state index is 13.9. The number of carboxylic acids is 1. The molecule has 1 aliphatic rings. The lowest BCUT2D eigenvalue weighted by atomic mass is 9.82. The van der Waals surface area contributed by atoms with Crippen LogP contribution in [0.5, 0.6) is 0 Å². The van der Waals surface area contributed by atoms with E-state index in [1.165, 1.54) is 6.07 Å². The molecule has 3 rings (SSSR count). The highest BCUT2D eigenvalue weighted by Gasteiger charge is 2.37. The van der Waals surface area contributed by atoms with Gasteiger partial charge in [-0.15, -0.1) is 0 Å². The fourth-order valence-electron chi connectivity index (χ4n) is 3.07. The number of rotatable bonds is 4. The standard InChI is InChI=1S/C19H20FN3O2/c1-12-11-17(21-19(3)10-5-4-7-14(19)18(24)25)23(22-12)16-9-6-8-15(20)13(16)2/h4-11,14,21H,1-3H3,(H,24,25). The molecule has 2 unspecified atom stereocenters. The second-order valence-electron chi connectivity index (χ2n) is 6.43. The van der Waals surface area contributed by atoms with E-state index >= 15 is 0 Å². The van der Waals surface area contributed by atoms with E-state index < -0.39 is 17.4 Å². The van der Waals surface area contributed by atoms with Crippen LogP contribution in [-0.2, 0) is 4.79 Å². The number of hydrogen-bond acceptors (Lipinski definition) is 3. The van der Waals surface area contributed by atoms with Gasteiger partial charge in [0.25, 0.3) is 0 Å². The second-order valence-corrected chi connectivity index (χ2v) is 6.43. The van der Waals surface area contributed by atoms with Crippen molar-refractivity contribution in [3.8, 4) is 5.69 Å². The molecule has 0 aliphatic heterocycles. The summed E-state index contributed by atoms with van der Waals surface area (Å²) in [6.07, 6.45) is 7.00. The number of nitrogens with zero attached hydrogens (tertiary/aromatic N) is 2. The summed E-state index contributed by atoms with van der Waals surface area (Å²) >= 11 is 0. The number of nitrogens with one attached hydrogen (secondary N) is 1. The maximum Gasteiger partial charge on any atom is 0.313 e. The topological polar surface area (TPSA) is 67.2 Å². The molecule has 1 heterocycles. The van der Waals surface area contributed by atoms with E-state index in [4.69, 9.17) is 0 Å². The molecule has 0 bridgehead atoms. The van der Waals surface area contributed by atoms with Gasteiger partial charge in [-0.25, -0.2) is 9.07 Å². The normalized spacial score (nSPS) is 22.2. The predicted molar refractivity (Wildman–Crippen MR) is 94.4 cm³/mol. The fraction of sp³-hybridized carbons (Fsp3) is 0.263. The monoisotopic (exact) mass is 341 g/mol. The molecule has 130 valence electrons. The highest BCUT2D eigenvalue weighted by atomic mass is 19.1. The molecule has 25 heavy (non-hydrogen) atoms. The number of aryl methyl sites for hydroxylation is 1. The first-order valence-corrected chi connectivity index (χ1v) is 8.01. The van der Waals surface area contributed by atoms with Gasteiger partial charge in [0.05, 0.1) is 16.9 Å².